The quantitative estimate of drug-likeness (QED) is 0.0747. The summed E-state index contributed by atoms with van der Waals surface area (Å²) in [6.45, 7) is 0. The summed E-state index contributed by atoms with van der Waals surface area (Å²) in [4.78, 5) is 31.5. The van der Waals surface area contributed by atoms with Gasteiger partial charge in [0.1, 0.15) is 20.2 Å². The Morgan fingerprint density at radius 3 is 1.70 bits per heavy atom. The molecule has 0 spiro atoms. The Bertz CT molecular complexity index is 2470. The van der Waals surface area contributed by atoms with Crippen molar-refractivity contribution in [1.29, 1.82) is 0 Å². The van der Waals surface area contributed by atoms with Crippen LogP contribution in [0.4, 0.5) is 17.1 Å². The van der Waals surface area contributed by atoms with E-state index in [2.05, 4.69) is 44.9 Å². The van der Waals surface area contributed by atoms with E-state index in [9.17, 15) is 25.9 Å². The minimum absolute atomic E-state index is 0. The monoisotopic (exact) mass is 757 g/mol. The molecule has 0 aliphatic carbocycles. The summed E-state index contributed by atoms with van der Waals surface area (Å²) in [6.07, 6.45) is 2.33. The van der Waals surface area contributed by atoms with E-state index >= 15 is 0 Å². The van der Waals surface area contributed by atoms with Crippen LogP contribution in [0.1, 0.15) is 11.1 Å². The molecule has 0 bridgehead atoms. The summed E-state index contributed by atoms with van der Waals surface area (Å²) in [5, 5.41) is -0.205. The first-order chi connectivity index (χ1) is 22.8. The second-order valence-electron chi connectivity index (χ2n) is 9.35. The second kappa shape index (κ2) is 17.6. The van der Waals surface area contributed by atoms with Crippen LogP contribution in [0.15, 0.2) is 91.5 Å². The number of H-pyrrole nitrogens is 3. The normalized spacial score (nSPS) is 12.8. The zero-order chi connectivity index (χ0) is 34.5. The maximum Gasteiger partial charge on any atom is 1.00 e. The maximum atomic E-state index is 12.3. The molecule has 0 amide bonds. The second-order valence-corrected chi connectivity index (χ2v) is 12.4. The van der Waals surface area contributed by atoms with Crippen molar-refractivity contribution in [1.82, 2.24) is 29.9 Å². The number of hydrogen-bond acceptors (Lipinski definition) is 14. The molecule has 50 heavy (non-hydrogen) atoms. The van der Waals surface area contributed by atoms with Crippen molar-refractivity contribution < 1.29 is 94.5 Å². The molecule has 2 heterocycles. The van der Waals surface area contributed by atoms with Crippen molar-refractivity contribution in [2.45, 2.75) is 9.79 Å². The summed E-state index contributed by atoms with van der Waals surface area (Å²) < 4.78 is 83.4. The standard InChI is InChI=1S/C28H24ClN9O8S2.2Na/c1-45-27-34-23(29)33-24(36-27)31-19-12-10-16(21(14-19)47(39,40)41)8-9-17-11-13-20(15-22(17)48(42,43)44)32-26-35-25(37-28(38-26)46-2)30-18-6-4-3-5-7-18;;/h3-15H,1-2H3,(H,39,40,41)(H,42,43,44)(H,31,33,34,36)(H2,30,32,35,37,38);;/q;2*+1/p-2/b9-8+;;. The molecule has 5 aromatic rings. The van der Waals surface area contributed by atoms with Crippen LogP contribution < -0.4 is 85.4 Å². The van der Waals surface area contributed by atoms with E-state index in [1.54, 1.807) is 24.3 Å². The number of nitrogens with one attached hydrogen (secondary N) is 3. The summed E-state index contributed by atoms with van der Waals surface area (Å²) in [5.74, 6) is 0. The molecule has 0 radical (unpaired) electrons. The van der Waals surface area contributed by atoms with Crippen molar-refractivity contribution in [3.05, 3.63) is 100.0 Å². The van der Waals surface area contributed by atoms with Gasteiger partial charge in [-0.25, -0.2) is 31.8 Å². The average molecular weight is 758 g/mol. The molecule has 17 nitrogen and oxygen atoms in total. The van der Waals surface area contributed by atoms with Crippen LogP contribution in [-0.2, 0) is 20.2 Å². The van der Waals surface area contributed by atoms with Gasteiger partial charge in [0.15, 0.2) is 0 Å². The largest absolute Gasteiger partial charge is 1.00 e. The Kier molecular flexibility index (Phi) is 14.5. The van der Waals surface area contributed by atoms with E-state index in [-0.39, 0.29) is 116 Å². The van der Waals surface area contributed by atoms with Gasteiger partial charge >= 0.3 is 59.1 Å². The first-order valence-electron chi connectivity index (χ1n) is 13.3. The molecule has 0 aliphatic rings. The minimum Gasteiger partial charge on any atom is -0.744 e. The average Bonchev–Trinajstić information content (AvgIpc) is 3.03. The van der Waals surface area contributed by atoms with Crippen molar-refractivity contribution in [2.24, 2.45) is 15.0 Å². The number of aromatic amines is 3. The summed E-state index contributed by atoms with van der Waals surface area (Å²) in [7, 11) is -7.44. The molecule has 0 saturated heterocycles. The smallest absolute Gasteiger partial charge is 0.744 e. The zero-order valence-corrected chi connectivity index (χ0v) is 33.0. The third kappa shape index (κ3) is 11.0. The van der Waals surface area contributed by atoms with Crippen LogP contribution in [0.5, 0.6) is 12.0 Å². The fourth-order valence-corrected chi connectivity index (χ4v) is 5.58. The molecule has 5 rings (SSSR count). The van der Waals surface area contributed by atoms with E-state index in [1.165, 1.54) is 50.6 Å². The fraction of sp³-hybridized carbons (Fsp3) is 0.0714. The third-order valence-electron chi connectivity index (χ3n) is 6.10. The first kappa shape index (κ1) is 41.0. The fourth-order valence-electron chi connectivity index (χ4n) is 4.04. The third-order valence-corrected chi connectivity index (χ3v) is 8.06. The molecule has 3 aromatic carbocycles. The topological polar surface area (TPSA) is 256 Å². The van der Waals surface area contributed by atoms with Gasteiger partial charge in [-0.3, -0.25) is 15.0 Å². The number of hydrogen-bond donors (Lipinski definition) is 3. The van der Waals surface area contributed by atoms with Gasteiger partial charge in [-0.2, -0.15) is 15.0 Å². The number of para-hydroxylation sites is 1. The maximum absolute atomic E-state index is 12.3. The number of methoxy groups -OCH3 is 2. The van der Waals surface area contributed by atoms with Gasteiger partial charge in [-0.1, -0.05) is 42.5 Å². The number of nitrogens with zero attached hydrogens (tertiary/aromatic N) is 6. The van der Waals surface area contributed by atoms with Crippen molar-refractivity contribution in [3.8, 4) is 12.0 Å². The van der Waals surface area contributed by atoms with Crippen LogP contribution in [0.25, 0.3) is 12.2 Å². The molecule has 0 aliphatic heterocycles. The van der Waals surface area contributed by atoms with Crippen LogP contribution in [-0.4, -0.2) is 70.1 Å². The molecule has 2 aromatic heterocycles. The number of benzene rings is 3. The molecule has 248 valence electrons. The zero-order valence-electron chi connectivity index (χ0n) is 26.6. The predicted molar refractivity (Wildman–Crippen MR) is 167 cm³/mol. The van der Waals surface area contributed by atoms with Crippen LogP contribution in [0, 0.1) is 0 Å². The Morgan fingerprint density at radius 1 is 0.660 bits per heavy atom. The van der Waals surface area contributed by atoms with Gasteiger partial charge in [0.25, 0.3) is 12.0 Å². The Hall–Kier alpha value is -3.47. The van der Waals surface area contributed by atoms with Crippen LogP contribution in [0.3, 0.4) is 0 Å². The van der Waals surface area contributed by atoms with E-state index < -0.39 is 30.0 Å². The number of ether oxygens (including phenoxy) is 2. The Balaban J connectivity index is 0.00000338. The molecule has 0 fully saturated rings. The minimum atomic E-state index is -5.07. The summed E-state index contributed by atoms with van der Waals surface area (Å²) in [6, 6.07) is 16.2. The molecule has 22 heteroatoms. The van der Waals surface area contributed by atoms with E-state index in [1.807, 2.05) is 6.07 Å². The van der Waals surface area contributed by atoms with Crippen molar-refractivity contribution in [2.75, 3.05) is 14.2 Å². The number of rotatable bonds is 9. The number of halogens is 1. The van der Waals surface area contributed by atoms with Crippen LogP contribution >= 0.6 is 11.6 Å². The molecule has 0 saturated carbocycles. The van der Waals surface area contributed by atoms with Gasteiger partial charge in [-0.05, 0) is 59.1 Å². The summed E-state index contributed by atoms with van der Waals surface area (Å²) in [5.41, 5.74) is 0.495. The van der Waals surface area contributed by atoms with E-state index in [0.29, 0.717) is 5.69 Å². The molecular weight excluding hydrogens is 736 g/mol. The van der Waals surface area contributed by atoms with Gasteiger partial charge in [-0.15, -0.1) is 0 Å². The van der Waals surface area contributed by atoms with Crippen LogP contribution in [0.2, 0.25) is 5.28 Å². The SMILES string of the molecule is COc1nc(Cl)nc(=Nc2ccc(/C=C/c3ccc(N=c4[nH]c(OC)nc(=Nc5ccccc5)[nH]4)cc3S(=O)(=O)[O-])c(S(=O)(=O)[O-])c2)[nH]1.[Na+].[Na+]. The van der Waals surface area contributed by atoms with Gasteiger partial charge in [0, 0.05) is 0 Å². The molecule has 3 N–H and O–H groups in total. The van der Waals surface area contributed by atoms with E-state index in [0.717, 1.165) is 12.1 Å². The summed E-state index contributed by atoms with van der Waals surface area (Å²) >= 11 is 5.84. The molecular formula is C28H22ClN9Na2O8S2. The number of aromatic nitrogens is 6. The molecule has 0 unspecified atom stereocenters. The van der Waals surface area contributed by atoms with Gasteiger partial charge in [0.2, 0.25) is 22.1 Å². The van der Waals surface area contributed by atoms with E-state index in [4.69, 9.17) is 21.1 Å². The Morgan fingerprint density at radius 2 is 1.16 bits per heavy atom. The first-order valence-corrected chi connectivity index (χ1v) is 16.5. The van der Waals surface area contributed by atoms with Crippen molar-refractivity contribution in [3.63, 3.8) is 0 Å². The predicted octanol–water partition coefficient (Wildman–Crippen LogP) is -3.79. The van der Waals surface area contributed by atoms with Crippen molar-refractivity contribution >= 4 is 61.1 Å². The Labute approximate surface area is 333 Å². The van der Waals surface area contributed by atoms with Gasteiger partial charge < -0.3 is 18.6 Å². The molecule has 0 atom stereocenters. The van der Waals surface area contributed by atoms with Gasteiger partial charge in [0.05, 0.1) is 41.1 Å².